The Bertz CT molecular complexity index is 625. The first-order valence-corrected chi connectivity index (χ1v) is 7.54. The maximum absolute atomic E-state index is 13.6. The predicted molar refractivity (Wildman–Crippen MR) is 81.3 cm³/mol. The van der Waals surface area contributed by atoms with Gasteiger partial charge >= 0.3 is 0 Å². The van der Waals surface area contributed by atoms with E-state index in [1.807, 2.05) is 0 Å². The standard InChI is InChI=1S/C15H12BrClF2O2/c1-20-14-6-11(17)4-9(7-16)15(14)21-8-10-5-12(18)2-3-13(10)19/h2-6H,7-8H2,1H3. The molecule has 0 saturated carbocycles. The highest BCUT2D eigenvalue weighted by Gasteiger charge is 2.13. The number of methoxy groups -OCH3 is 1. The molecule has 2 aromatic rings. The maximum Gasteiger partial charge on any atom is 0.165 e. The molecular weight excluding hydrogens is 366 g/mol. The SMILES string of the molecule is COc1cc(Cl)cc(CBr)c1OCc1cc(F)ccc1F. The van der Waals surface area contributed by atoms with Crippen LogP contribution in [0.15, 0.2) is 30.3 Å². The zero-order chi connectivity index (χ0) is 15.4. The third-order valence-corrected chi connectivity index (χ3v) is 3.66. The molecule has 0 saturated heterocycles. The van der Waals surface area contributed by atoms with Crippen LogP contribution in [0.5, 0.6) is 11.5 Å². The molecular formula is C15H12BrClF2O2. The fraction of sp³-hybridized carbons (Fsp3) is 0.200. The topological polar surface area (TPSA) is 18.5 Å². The molecule has 0 aromatic heterocycles. The second-order valence-electron chi connectivity index (χ2n) is 4.25. The Hall–Kier alpha value is -1.33. The van der Waals surface area contributed by atoms with E-state index in [1.54, 1.807) is 12.1 Å². The lowest BCUT2D eigenvalue weighted by Crippen LogP contribution is -2.03. The van der Waals surface area contributed by atoms with Gasteiger partial charge in [0.25, 0.3) is 0 Å². The van der Waals surface area contributed by atoms with Crippen molar-refractivity contribution in [1.29, 1.82) is 0 Å². The number of ether oxygens (including phenoxy) is 2. The van der Waals surface area contributed by atoms with Crippen LogP contribution < -0.4 is 9.47 Å². The fourth-order valence-electron chi connectivity index (χ4n) is 1.84. The first-order valence-electron chi connectivity index (χ1n) is 6.04. The predicted octanol–water partition coefficient (Wildman–Crippen LogP) is 5.10. The molecule has 0 bridgehead atoms. The second-order valence-corrected chi connectivity index (χ2v) is 5.25. The van der Waals surface area contributed by atoms with E-state index in [2.05, 4.69) is 15.9 Å². The van der Waals surface area contributed by atoms with E-state index in [4.69, 9.17) is 21.1 Å². The zero-order valence-electron chi connectivity index (χ0n) is 11.1. The summed E-state index contributed by atoms with van der Waals surface area (Å²) in [4.78, 5) is 0. The summed E-state index contributed by atoms with van der Waals surface area (Å²) in [5.74, 6) is -0.153. The molecule has 0 fully saturated rings. The van der Waals surface area contributed by atoms with Crippen molar-refractivity contribution in [2.45, 2.75) is 11.9 Å². The molecule has 0 radical (unpaired) electrons. The lowest BCUT2D eigenvalue weighted by atomic mass is 10.2. The zero-order valence-corrected chi connectivity index (χ0v) is 13.5. The summed E-state index contributed by atoms with van der Waals surface area (Å²) in [6, 6.07) is 6.55. The van der Waals surface area contributed by atoms with Gasteiger partial charge in [0, 0.05) is 27.5 Å². The third kappa shape index (κ3) is 3.86. The van der Waals surface area contributed by atoms with Crippen molar-refractivity contribution in [1.82, 2.24) is 0 Å². The average molecular weight is 378 g/mol. The van der Waals surface area contributed by atoms with Crippen molar-refractivity contribution < 1.29 is 18.3 Å². The van der Waals surface area contributed by atoms with Crippen LogP contribution >= 0.6 is 27.5 Å². The van der Waals surface area contributed by atoms with Gasteiger partial charge in [0.2, 0.25) is 0 Å². The Kier molecular flexibility index (Phi) is 5.42. The summed E-state index contributed by atoms with van der Waals surface area (Å²) in [5, 5.41) is 0.996. The van der Waals surface area contributed by atoms with Gasteiger partial charge in [0.15, 0.2) is 11.5 Å². The van der Waals surface area contributed by atoms with E-state index < -0.39 is 11.6 Å². The fourth-order valence-corrected chi connectivity index (χ4v) is 2.49. The lowest BCUT2D eigenvalue weighted by molar-refractivity contribution is 0.277. The summed E-state index contributed by atoms with van der Waals surface area (Å²) in [6.07, 6.45) is 0. The van der Waals surface area contributed by atoms with Crippen LogP contribution in [0.1, 0.15) is 11.1 Å². The molecule has 0 unspecified atom stereocenters. The largest absolute Gasteiger partial charge is 0.493 e. The minimum Gasteiger partial charge on any atom is -0.493 e. The molecule has 0 N–H and O–H groups in total. The van der Waals surface area contributed by atoms with E-state index in [0.29, 0.717) is 21.9 Å². The van der Waals surface area contributed by atoms with Gasteiger partial charge in [-0.15, -0.1) is 0 Å². The number of halogens is 4. The van der Waals surface area contributed by atoms with Gasteiger partial charge in [-0.25, -0.2) is 8.78 Å². The quantitative estimate of drug-likeness (QED) is 0.675. The van der Waals surface area contributed by atoms with Crippen molar-refractivity contribution in [2.75, 3.05) is 7.11 Å². The molecule has 0 spiro atoms. The van der Waals surface area contributed by atoms with Crippen LogP contribution in [0.3, 0.4) is 0 Å². The molecule has 0 heterocycles. The van der Waals surface area contributed by atoms with Gasteiger partial charge in [-0.2, -0.15) is 0 Å². The summed E-state index contributed by atoms with van der Waals surface area (Å²) in [5.41, 5.74) is 0.892. The highest BCUT2D eigenvalue weighted by atomic mass is 79.9. The monoisotopic (exact) mass is 376 g/mol. The summed E-state index contributed by atoms with van der Waals surface area (Å²) in [7, 11) is 1.49. The number of alkyl halides is 1. The van der Waals surface area contributed by atoms with Crippen LogP contribution in [0.25, 0.3) is 0 Å². The molecule has 21 heavy (non-hydrogen) atoms. The lowest BCUT2D eigenvalue weighted by Gasteiger charge is -2.15. The van der Waals surface area contributed by atoms with Crippen molar-refractivity contribution in [3.8, 4) is 11.5 Å². The number of hydrogen-bond donors (Lipinski definition) is 0. The van der Waals surface area contributed by atoms with Gasteiger partial charge in [-0.1, -0.05) is 27.5 Å². The smallest absolute Gasteiger partial charge is 0.165 e. The van der Waals surface area contributed by atoms with Crippen LogP contribution in [-0.2, 0) is 11.9 Å². The van der Waals surface area contributed by atoms with Gasteiger partial charge in [-0.05, 0) is 24.3 Å². The Morgan fingerprint density at radius 2 is 1.90 bits per heavy atom. The number of benzene rings is 2. The van der Waals surface area contributed by atoms with E-state index in [9.17, 15) is 8.78 Å². The Morgan fingerprint density at radius 1 is 1.14 bits per heavy atom. The molecule has 0 aliphatic rings. The van der Waals surface area contributed by atoms with Crippen molar-refractivity contribution >= 4 is 27.5 Å². The Labute approximate surface area is 134 Å². The maximum atomic E-state index is 13.6. The average Bonchev–Trinajstić information content (AvgIpc) is 2.48. The molecule has 2 nitrogen and oxygen atoms in total. The summed E-state index contributed by atoms with van der Waals surface area (Å²) >= 11 is 9.31. The van der Waals surface area contributed by atoms with Crippen LogP contribution in [0, 0.1) is 11.6 Å². The molecule has 0 aliphatic carbocycles. The minimum absolute atomic E-state index is 0.110. The van der Waals surface area contributed by atoms with Gasteiger partial charge in [0.1, 0.15) is 18.2 Å². The first-order chi connectivity index (χ1) is 10.0. The highest BCUT2D eigenvalue weighted by molar-refractivity contribution is 9.08. The van der Waals surface area contributed by atoms with Crippen LogP contribution in [0.2, 0.25) is 5.02 Å². The molecule has 0 atom stereocenters. The molecule has 112 valence electrons. The van der Waals surface area contributed by atoms with Gasteiger partial charge in [-0.3, -0.25) is 0 Å². The van der Waals surface area contributed by atoms with Crippen molar-refractivity contribution in [3.63, 3.8) is 0 Å². The normalized spacial score (nSPS) is 10.5. The third-order valence-electron chi connectivity index (χ3n) is 2.84. The van der Waals surface area contributed by atoms with E-state index >= 15 is 0 Å². The Balaban J connectivity index is 2.29. The van der Waals surface area contributed by atoms with E-state index in [1.165, 1.54) is 7.11 Å². The molecule has 2 rings (SSSR count). The number of hydrogen-bond acceptors (Lipinski definition) is 2. The second kappa shape index (κ2) is 7.09. The molecule has 0 amide bonds. The van der Waals surface area contributed by atoms with Gasteiger partial charge < -0.3 is 9.47 Å². The Morgan fingerprint density at radius 3 is 2.57 bits per heavy atom. The van der Waals surface area contributed by atoms with Crippen molar-refractivity contribution in [3.05, 3.63) is 58.1 Å². The van der Waals surface area contributed by atoms with E-state index in [0.717, 1.165) is 23.8 Å². The van der Waals surface area contributed by atoms with Crippen LogP contribution in [-0.4, -0.2) is 7.11 Å². The van der Waals surface area contributed by atoms with Crippen LogP contribution in [0.4, 0.5) is 8.78 Å². The molecule has 2 aromatic carbocycles. The minimum atomic E-state index is -0.523. The summed E-state index contributed by atoms with van der Waals surface area (Å²) in [6.45, 7) is -0.110. The van der Waals surface area contributed by atoms with Crippen molar-refractivity contribution in [2.24, 2.45) is 0 Å². The van der Waals surface area contributed by atoms with Gasteiger partial charge in [0.05, 0.1) is 7.11 Å². The molecule has 6 heteroatoms. The first kappa shape index (κ1) is 16.0. The molecule has 0 aliphatic heterocycles. The van der Waals surface area contributed by atoms with E-state index in [-0.39, 0.29) is 12.2 Å². The summed E-state index contributed by atoms with van der Waals surface area (Å²) < 4.78 is 37.6. The number of rotatable bonds is 5. The highest BCUT2D eigenvalue weighted by Crippen LogP contribution is 2.36.